The zero-order valence-electron chi connectivity index (χ0n) is 10.2. The third-order valence-electron chi connectivity index (χ3n) is 3.43. The number of nitrogen functional groups attached to an aromatic ring is 1. The molecule has 2 nitrogen and oxygen atoms in total. The van der Waals surface area contributed by atoms with Crippen molar-refractivity contribution in [1.82, 2.24) is 0 Å². The Morgan fingerprint density at radius 1 is 1.39 bits per heavy atom. The van der Waals surface area contributed by atoms with Crippen LogP contribution < -0.4 is 10.6 Å². The molecule has 0 amide bonds. The first-order valence-electron chi connectivity index (χ1n) is 6.01. The molecule has 0 fully saturated rings. The minimum Gasteiger partial charge on any atom is -0.398 e. The number of fused-ring (bicyclic) bond motifs is 1. The number of hydrogen-bond acceptors (Lipinski definition) is 3. The van der Waals surface area contributed by atoms with Gasteiger partial charge in [-0.1, -0.05) is 6.07 Å². The highest BCUT2D eigenvalue weighted by Gasteiger charge is 2.20. The summed E-state index contributed by atoms with van der Waals surface area (Å²) in [5.41, 5.74) is 10.8. The van der Waals surface area contributed by atoms with Crippen molar-refractivity contribution in [3.63, 3.8) is 0 Å². The molecule has 1 aromatic carbocycles. The molecule has 0 spiro atoms. The van der Waals surface area contributed by atoms with Crippen molar-refractivity contribution in [3.8, 4) is 0 Å². The van der Waals surface area contributed by atoms with Crippen LogP contribution in [-0.4, -0.2) is 6.54 Å². The van der Waals surface area contributed by atoms with Gasteiger partial charge in [0.2, 0.25) is 0 Å². The van der Waals surface area contributed by atoms with Gasteiger partial charge in [0.1, 0.15) is 0 Å². The van der Waals surface area contributed by atoms with Gasteiger partial charge in [0.25, 0.3) is 0 Å². The zero-order valence-corrected chi connectivity index (χ0v) is 12.6. The van der Waals surface area contributed by atoms with Gasteiger partial charge in [0, 0.05) is 22.8 Å². The van der Waals surface area contributed by atoms with Crippen LogP contribution in [0.25, 0.3) is 0 Å². The molecule has 1 aliphatic heterocycles. The molecule has 0 atom stereocenters. The molecule has 0 aliphatic carbocycles. The second kappa shape index (κ2) is 4.59. The maximum absolute atomic E-state index is 6.02. The Morgan fingerprint density at radius 2 is 2.22 bits per heavy atom. The number of nitrogens with zero attached hydrogens (tertiary/aromatic N) is 1. The molecular formula is C14H15BrN2S. The van der Waals surface area contributed by atoms with Crippen molar-refractivity contribution in [2.75, 3.05) is 17.2 Å². The first-order valence-corrected chi connectivity index (χ1v) is 7.62. The molecule has 0 saturated carbocycles. The molecule has 0 bridgehead atoms. The summed E-state index contributed by atoms with van der Waals surface area (Å²) in [6.07, 6.45) is 1.13. The summed E-state index contributed by atoms with van der Waals surface area (Å²) in [6.45, 7) is 4.15. The first-order chi connectivity index (χ1) is 8.63. The summed E-state index contributed by atoms with van der Waals surface area (Å²) < 4.78 is 1.19. The smallest absolute Gasteiger partial charge is 0.0702 e. The van der Waals surface area contributed by atoms with Crippen LogP contribution in [0, 0.1) is 6.92 Å². The average Bonchev–Trinajstić information content (AvgIpc) is 2.89. The zero-order chi connectivity index (χ0) is 12.7. The number of anilines is 2. The summed E-state index contributed by atoms with van der Waals surface area (Å²) in [4.78, 5) is 3.80. The summed E-state index contributed by atoms with van der Waals surface area (Å²) in [5.74, 6) is 0. The molecule has 1 aliphatic rings. The van der Waals surface area contributed by atoms with Gasteiger partial charge in [0.05, 0.1) is 10.3 Å². The normalized spacial score (nSPS) is 14.0. The second-order valence-corrected chi connectivity index (χ2v) is 7.26. The lowest BCUT2D eigenvalue weighted by molar-refractivity contribution is 0.846. The Kier molecular flexibility index (Phi) is 3.08. The van der Waals surface area contributed by atoms with Gasteiger partial charge in [-0.2, -0.15) is 0 Å². The van der Waals surface area contributed by atoms with E-state index in [4.69, 9.17) is 5.73 Å². The van der Waals surface area contributed by atoms with Crippen LogP contribution in [0.3, 0.4) is 0 Å². The molecule has 0 unspecified atom stereocenters. The minimum atomic E-state index is 0.896. The molecular weight excluding hydrogens is 308 g/mol. The predicted molar refractivity (Wildman–Crippen MR) is 82.4 cm³/mol. The largest absolute Gasteiger partial charge is 0.398 e. The lowest BCUT2D eigenvalue weighted by Gasteiger charge is -2.19. The molecule has 94 valence electrons. The third-order valence-corrected chi connectivity index (χ3v) is 5.04. The highest BCUT2D eigenvalue weighted by Crippen LogP contribution is 2.34. The molecule has 1 aromatic heterocycles. The van der Waals surface area contributed by atoms with Crippen LogP contribution in [-0.2, 0) is 13.0 Å². The summed E-state index contributed by atoms with van der Waals surface area (Å²) in [7, 11) is 0. The fourth-order valence-electron chi connectivity index (χ4n) is 2.43. The fourth-order valence-corrected chi connectivity index (χ4v) is 3.93. The lowest BCUT2D eigenvalue weighted by atomic mass is 10.1. The SMILES string of the molecule is Cc1cc2c(cc1N)N(Cc1ccc(Br)s1)CC2. The van der Waals surface area contributed by atoms with E-state index >= 15 is 0 Å². The topological polar surface area (TPSA) is 29.3 Å². The quantitative estimate of drug-likeness (QED) is 0.848. The molecule has 18 heavy (non-hydrogen) atoms. The summed E-state index contributed by atoms with van der Waals surface area (Å²) >= 11 is 5.31. The van der Waals surface area contributed by atoms with Crippen molar-refractivity contribution < 1.29 is 0 Å². The van der Waals surface area contributed by atoms with E-state index in [0.29, 0.717) is 0 Å². The van der Waals surface area contributed by atoms with Crippen molar-refractivity contribution >= 4 is 38.6 Å². The molecule has 0 radical (unpaired) electrons. The van der Waals surface area contributed by atoms with E-state index in [1.807, 2.05) is 0 Å². The third kappa shape index (κ3) is 2.15. The molecule has 3 rings (SSSR count). The van der Waals surface area contributed by atoms with Gasteiger partial charge in [-0.25, -0.2) is 0 Å². The standard InChI is InChI=1S/C14H15BrN2S/c1-9-6-10-4-5-17(13(10)7-12(9)16)8-11-2-3-14(15)18-11/h2-3,6-7H,4-5,8,16H2,1H3. The molecule has 2 aromatic rings. The van der Waals surface area contributed by atoms with Gasteiger partial charge in [-0.05, 0) is 58.6 Å². The highest BCUT2D eigenvalue weighted by atomic mass is 79.9. The van der Waals surface area contributed by atoms with Crippen LogP contribution >= 0.6 is 27.3 Å². The number of thiophene rings is 1. The fraction of sp³-hybridized carbons (Fsp3) is 0.286. The van der Waals surface area contributed by atoms with Crippen molar-refractivity contribution in [2.45, 2.75) is 19.9 Å². The van der Waals surface area contributed by atoms with E-state index in [1.165, 1.54) is 25.5 Å². The van der Waals surface area contributed by atoms with Gasteiger partial charge >= 0.3 is 0 Å². The molecule has 0 saturated heterocycles. The number of benzene rings is 1. The lowest BCUT2D eigenvalue weighted by Crippen LogP contribution is -2.19. The van der Waals surface area contributed by atoms with Crippen LogP contribution in [0.4, 0.5) is 11.4 Å². The van der Waals surface area contributed by atoms with Crippen molar-refractivity contribution in [3.05, 3.63) is 44.1 Å². The van der Waals surface area contributed by atoms with E-state index < -0.39 is 0 Å². The number of aryl methyl sites for hydroxylation is 1. The first kappa shape index (κ1) is 12.1. The van der Waals surface area contributed by atoms with E-state index in [1.54, 1.807) is 11.3 Å². The van der Waals surface area contributed by atoms with Gasteiger partial charge < -0.3 is 10.6 Å². The Morgan fingerprint density at radius 3 is 2.94 bits per heavy atom. The van der Waals surface area contributed by atoms with Gasteiger partial charge in [0.15, 0.2) is 0 Å². The highest BCUT2D eigenvalue weighted by molar-refractivity contribution is 9.11. The van der Waals surface area contributed by atoms with Gasteiger partial charge in [-0.15, -0.1) is 11.3 Å². The van der Waals surface area contributed by atoms with Crippen LogP contribution in [0.15, 0.2) is 28.1 Å². The molecule has 2 heterocycles. The van der Waals surface area contributed by atoms with E-state index in [-0.39, 0.29) is 0 Å². The Bertz CT molecular complexity index is 591. The Labute approximate surface area is 120 Å². The van der Waals surface area contributed by atoms with Crippen molar-refractivity contribution in [1.29, 1.82) is 0 Å². The average molecular weight is 323 g/mol. The van der Waals surface area contributed by atoms with E-state index in [0.717, 1.165) is 25.2 Å². The number of rotatable bonds is 2. The summed E-state index contributed by atoms with van der Waals surface area (Å²) in [6, 6.07) is 8.65. The minimum absolute atomic E-state index is 0.896. The molecule has 4 heteroatoms. The summed E-state index contributed by atoms with van der Waals surface area (Å²) in [5, 5.41) is 0. The van der Waals surface area contributed by atoms with Gasteiger partial charge in [-0.3, -0.25) is 0 Å². The van der Waals surface area contributed by atoms with Crippen molar-refractivity contribution in [2.24, 2.45) is 0 Å². The van der Waals surface area contributed by atoms with Crippen LogP contribution in [0.2, 0.25) is 0 Å². The van der Waals surface area contributed by atoms with Crippen LogP contribution in [0.1, 0.15) is 16.0 Å². The Balaban J connectivity index is 1.88. The van der Waals surface area contributed by atoms with Crippen LogP contribution in [0.5, 0.6) is 0 Å². The number of halogens is 1. The number of nitrogens with two attached hydrogens (primary N) is 1. The number of hydrogen-bond donors (Lipinski definition) is 1. The molecule has 2 N–H and O–H groups in total. The maximum atomic E-state index is 6.02. The van der Waals surface area contributed by atoms with E-state index in [2.05, 4.69) is 52.0 Å². The second-order valence-electron chi connectivity index (χ2n) is 4.71. The Hall–Kier alpha value is -1.000. The van der Waals surface area contributed by atoms with E-state index in [9.17, 15) is 0 Å². The predicted octanol–water partition coefficient (Wildman–Crippen LogP) is 3.96. The maximum Gasteiger partial charge on any atom is 0.0702 e. The monoisotopic (exact) mass is 322 g/mol.